The Labute approximate surface area is 146 Å². The van der Waals surface area contributed by atoms with Crippen molar-refractivity contribution in [3.63, 3.8) is 0 Å². The quantitative estimate of drug-likeness (QED) is 0.805. The standard InChI is InChI=1S/C17H24N6O2/c1-3-4-15-14(10-19-21-15)17(25)18-8-12-5-6-23(11-12)13-7-16(24)22(2)20-9-13/h7,9-10,12H,3-6,8,11H2,1-2H3,(H,18,25)(H,19,21)/t12-/m0/s1. The van der Waals surface area contributed by atoms with Gasteiger partial charge in [-0.3, -0.25) is 14.7 Å². The summed E-state index contributed by atoms with van der Waals surface area (Å²) in [6, 6.07) is 1.61. The molecule has 1 amide bonds. The third kappa shape index (κ3) is 3.89. The largest absolute Gasteiger partial charge is 0.370 e. The molecule has 1 aliphatic heterocycles. The molecule has 1 fully saturated rings. The van der Waals surface area contributed by atoms with Crippen LogP contribution in [0.3, 0.4) is 0 Å². The molecule has 1 atom stereocenters. The second-order valence-electron chi connectivity index (χ2n) is 6.50. The summed E-state index contributed by atoms with van der Waals surface area (Å²) in [5.41, 5.74) is 2.25. The van der Waals surface area contributed by atoms with Gasteiger partial charge in [-0.2, -0.15) is 10.2 Å². The molecule has 8 heteroatoms. The Kier molecular flexibility index (Phi) is 5.16. The van der Waals surface area contributed by atoms with E-state index < -0.39 is 0 Å². The fraction of sp³-hybridized carbons (Fsp3) is 0.529. The minimum atomic E-state index is -0.113. The van der Waals surface area contributed by atoms with Gasteiger partial charge in [-0.15, -0.1) is 0 Å². The molecule has 1 aliphatic rings. The van der Waals surface area contributed by atoms with Gasteiger partial charge in [0.1, 0.15) is 0 Å². The molecule has 0 radical (unpaired) electrons. The Hall–Kier alpha value is -2.64. The van der Waals surface area contributed by atoms with E-state index in [1.54, 1.807) is 25.5 Å². The van der Waals surface area contributed by atoms with Crippen molar-refractivity contribution in [2.24, 2.45) is 13.0 Å². The molecule has 1 saturated heterocycles. The number of nitrogens with zero attached hydrogens (tertiary/aromatic N) is 4. The van der Waals surface area contributed by atoms with Gasteiger partial charge in [-0.25, -0.2) is 4.68 Å². The van der Waals surface area contributed by atoms with E-state index in [0.29, 0.717) is 18.0 Å². The number of nitrogens with one attached hydrogen (secondary N) is 2. The normalized spacial score (nSPS) is 17.0. The Morgan fingerprint density at radius 1 is 1.44 bits per heavy atom. The zero-order chi connectivity index (χ0) is 17.8. The summed E-state index contributed by atoms with van der Waals surface area (Å²) in [5, 5.41) is 13.9. The molecule has 0 aromatic carbocycles. The van der Waals surface area contributed by atoms with E-state index >= 15 is 0 Å². The molecule has 3 heterocycles. The number of carbonyl (C=O) groups excluding carboxylic acids is 1. The highest BCUT2D eigenvalue weighted by atomic mass is 16.1. The first-order valence-corrected chi connectivity index (χ1v) is 8.67. The van der Waals surface area contributed by atoms with Crippen LogP contribution in [0, 0.1) is 5.92 Å². The Morgan fingerprint density at radius 3 is 3.04 bits per heavy atom. The lowest BCUT2D eigenvalue weighted by molar-refractivity contribution is 0.0947. The van der Waals surface area contributed by atoms with Gasteiger partial charge in [0.2, 0.25) is 0 Å². The smallest absolute Gasteiger partial charge is 0.268 e. The summed E-state index contributed by atoms with van der Waals surface area (Å²) >= 11 is 0. The first-order chi connectivity index (χ1) is 12.1. The molecule has 0 unspecified atom stereocenters. The van der Waals surface area contributed by atoms with Crippen molar-refractivity contribution in [3.05, 3.63) is 40.1 Å². The number of H-pyrrole nitrogens is 1. The highest BCUT2D eigenvalue weighted by molar-refractivity contribution is 5.95. The van der Waals surface area contributed by atoms with Crippen LogP contribution in [-0.4, -0.2) is 45.5 Å². The summed E-state index contributed by atoms with van der Waals surface area (Å²) in [6.07, 6.45) is 6.06. The minimum Gasteiger partial charge on any atom is -0.370 e. The number of amides is 1. The lowest BCUT2D eigenvalue weighted by Crippen LogP contribution is -2.31. The maximum Gasteiger partial charge on any atom is 0.268 e. The number of aryl methyl sites for hydroxylation is 2. The van der Waals surface area contributed by atoms with E-state index in [2.05, 4.69) is 32.4 Å². The number of aromatic amines is 1. The molecule has 8 nitrogen and oxygen atoms in total. The van der Waals surface area contributed by atoms with Crippen molar-refractivity contribution < 1.29 is 4.79 Å². The van der Waals surface area contributed by atoms with Crippen LogP contribution in [0.2, 0.25) is 0 Å². The molecular formula is C17H24N6O2. The van der Waals surface area contributed by atoms with Gasteiger partial charge in [0.25, 0.3) is 11.5 Å². The molecule has 0 spiro atoms. The summed E-state index contributed by atoms with van der Waals surface area (Å²) in [4.78, 5) is 26.2. The average Bonchev–Trinajstić information content (AvgIpc) is 3.25. The number of carbonyl (C=O) groups is 1. The van der Waals surface area contributed by atoms with Gasteiger partial charge in [0.15, 0.2) is 0 Å². The van der Waals surface area contributed by atoms with Crippen LogP contribution in [0.4, 0.5) is 5.69 Å². The van der Waals surface area contributed by atoms with E-state index in [4.69, 9.17) is 0 Å². The van der Waals surface area contributed by atoms with E-state index in [-0.39, 0.29) is 11.5 Å². The minimum absolute atomic E-state index is 0.0779. The van der Waals surface area contributed by atoms with Crippen molar-refractivity contribution in [1.82, 2.24) is 25.3 Å². The predicted molar refractivity (Wildman–Crippen MR) is 94.7 cm³/mol. The van der Waals surface area contributed by atoms with Gasteiger partial charge >= 0.3 is 0 Å². The topological polar surface area (TPSA) is 95.9 Å². The van der Waals surface area contributed by atoms with Crippen LogP contribution in [0.25, 0.3) is 0 Å². The number of aromatic nitrogens is 4. The van der Waals surface area contributed by atoms with Crippen LogP contribution in [0.1, 0.15) is 35.8 Å². The summed E-state index contributed by atoms with van der Waals surface area (Å²) < 4.78 is 1.32. The monoisotopic (exact) mass is 344 g/mol. The first kappa shape index (κ1) is 17.2. The molecule has 25 heavy (non-hydrogen) atoms. The van der Waals surface area contributed by atoms with Gasteiger partial charge in [-0.1, -0.05) is 13.3 Å². The zero-order valence-electron chi connectivity index (χ0n) is 14.7. The number of anilines is 1. The molecule has 3 rings (SSSR count). The third-order valence-electron chi connectivity index (χ3n) is 4.62. The fourth-order valence-electron chi connectivity index (χ4n) is 3.15. The van der Waals surface area contributed by atoms with Crippen LogP contribution in [-0.2, 0) is 13.5 Å². The lowest BCUT2D eigenvalue weighted by Gasteiger charge is -2.18. The summed E-state index contributed by atoms with van der Waals surface area (Å²) in [6.45, 7) is 4.36. The summed E-state index contributed by atoms with van der Waals surface area (Å²) in [7, 11) is 1.64. The van der Waals surface area contributed by atoms with Crippen LogP contribution in [0.15, 0.2) is 23.3 Å². The van der Waals surface area contributed by atoms with Crippen molar-refractivity contribution in [1.29, 1.82) is 0 Å². The van der Waals surface area contributed by atoms with Crippen LogP contribution >= 0.6 is 0 Å². The molecule has 0 bridgehead atoms. The number of hydrogen-bond donors (Lipinski definition) is 2. The molecule has 2 aromatic rings. The highest BCUT2D eigenvalue weighted by Crippen LogP contribution is 2.21. The van der Waals surface area contributed by atoms with E-state index in [1.165, 1.54) is 4.68 Å². The Balaban J connectivity index is 1.54. The van der Waals surface area contributed by atoms with Crippen LogP contribution < -0.4 is 15.8 Å². The van der Waals surface area contributed by atoms with Gasteiger partial charge < -0.3 is 10.2 Å². The fourth-order valence-corrected chi connectivity index (χ4v) is 3.15. The second-order valence-corrected chi connectivity index (χ2v) is 6.50. The maximum atomic E-state index is 12.4. The Morgan fingerprint density at radius 2 is 2.28 bits per heavy atom. The number of hydrogen-bond acceptors (Lipinski definition) is 5. The maximum absolute atomic E-state index is 12.4. The SMILES string of the molecule is CCCc1[nH]ncc1C(=O)NC[C@@H]1CCN(c2cnn(C)c(=O)c2)C1. The van der Waals surface area contributed by atoms with Crippen LogP contribution in [0.5, 0.6) is 0 Å². The van der Waals surface area contributed by atoms with Crippen molar-refractivity contribution in [2.75, 3.05) is 24.5 Å². The molecule has 2 N–H and O–H groups in total. The van der Waals surface area contributed by atoms with E-state index in [0.717, 1.165) is 43.7 Å². The molecule has 0 aliphatic carbocycles. The Bertz CT molecular complexity index is 796. The molecular weight excluding hydrogens is 320 g/mol. The molecule has 0 saturated carbocycles. The lowest BCUT2D eigenvalue weighted by atomic mass is 10.1. The highest BCUT2D eigenvalue weighted by Gasteiger charge is 2.24. The van der Waals surface area contributed by atoms with E-state index in [9.17, 15) is 9.59 Å². The summed E-state index contributed by atoms with van der Waals surface area (Å²) in [5.74, 6) is 0.278. The van der Waals surface area contributed by atoms with Gasteiger partial charge in [0.05, 0.1) is 23.6 Å². The predicted octanol–water partition coefficient (Wildman–Crippen LogP) is 0.712. The zero-order valence-corrected chi connectivity index (χ0v) is 14.7. The van der Waals surface area contributed by atoms with Crippen molar-refractivity contribution in [3.8, 4) is 0 Å². The van der Waals surface area contributed by atoms with E-state index in [1.807, 2.05) is 0 Å². The second kappa shape index (κ2) is 7.50. The average molecular weight is 344 g/mol. The van der Waals surface area contributed by atoms with Crippen molar-refractivity contribution in [2.45, 2.75) is 26.2 Å². The first-order valence-electron chi connectivity index (χ1n) is 8.67. The third-order valence-corrected chi connectivity index (χ3v) is 4.62. The van der Waals surface area contributed by atoms with Crippen molar-refractivity contribution >= 4 is 11.6 Å². The molecule has 134 valence electrons. The molecule has 2 aromatic heterocycles. The van der Waals surface area contributed by atoms with Gasteiger partial charge in [-0.05, 0) is 18.8 Å². The van der Waals surface area contributed by atoms with Gasteiger partial charge in [0, 0.05) is 38.4 Å². The number of rotatable bonds is 6.